The first-order valence-corrected chi connectivity index (χ1v) is 6.41. The molecule has 0 saturated carbocycles. The topological polar surface area (TPSA) is 12.0 Å². The Kier molecular flexibility index (Phi) is 4.70. The molecule has 0 radical (unpaired) electrons. The second kappa shape index (κ2) is 5.63. The molecule has 0 saturated heterocycles. The fourth-order valence-electron chi connectivity index (χ4n) is 2.18. The molecule has 0 bridgehead atoms. The van der Waals surface area contributed by atoms with Crippen molar-refractivity contribution in [3.8, 4) is 0 Å². The maximum absolute atomic E-state index is 13.2. The molecule has 2 heteroatoms. The third-order valence-electron chi connectivity index (χ3n) is 3.64. The number of hydrogen-bond acceptors (Lipinski definition) is 1. The molecule has 0 spiro atoms. The summed E-state index contributed by atoms with van der Waals surface area (Å²) < 4.78 is 13.2. The number of benzene rings is 1. The SMILES string of the molecule is CCNC(c1ccc(F)cc1C)C(C)(C)CC. The van der Waals surface area contributed by atoms with E-state index in [1.54, 1.807) is 12.1 Å². The number of nitrogens with one attached hydrogen (secondary N) is 1. The molecule has 0 aliphatic rings. The monoisotopic (exact) mass is 237 g/mol. The van der Waals surface area contributed by atoms with E-state index in [2.05, 4.69) is 33.0 Å². The fourth-order valence-corrected chi connectivity index (χ4v) is 2.18. The smallest absolute Gasteiger partial charge is 0.123 e. The second-order valence-electron chi connectivity index (χ2n) is 5.33. The van der Waals surface area contributed by atoms with Gasteiger partial charge in [0.15, 0.2) is 0 Å². The zero-order valence-corrected chi connectivity index (χ0v) is 11.6. The average Bonchev–Trinajstić information content (AvgIpc) is 2.27. The summed E-state index contributed by atoms with van der Waals surface area (Å²) in [5.41, 5.74) is 2.40. The molecular formula is C15H24FN. The van der Waals surface area contributed by atoms with Crippen LogP contribution in [0.5, 0.6) is 0 Å². The summed E-state index contributed by atoms with van der Waals surface area (Å²) >= 11 is 0. The lowest BCUT2D eigenvalue weighted by Crippen LogP contribution is -2.34. The Hall–Kier alpha value is -0.890. The first kappa shape index (κ1) is 14.2. The molecule has 96 valence electrons. The predicted molar refractivity (Wildman–Crippen MR) is 71.6 cm³/mol. The average molecular weight is 237 g/mol. The maximum Gasteiger partial charge on any atom is 0.123 e. The lowest BCUT2D eigenvalue weighted by atomic mass is 9.77. The van der Waals surface area contributed by atoms with Crippen LogP contribution in [0.15, 0.2) is 18.2 Å². The van der Waals surface area contributed by atoms with Gasteiger partial charge < -0.3 is 5.32 Å². The first-order chi connectivity index (χ1) is 7.92. The fraction of sp³-hybridized carbons (Fsp3) is 0.600. The largest absolute Gasteiger partial charge is 0.310 e. The third-order valence-corrected chi connectivity index (χ3v) is 3.64. The molecule has 1 unspecified atom stereocenters. The van der Waals surface area contributed by atoms with Gasteiger partial charge in [0.1, 0.15) is 5.82 Å². The van der Waals surface area contributed by atoms with E-state index in [9.17, 15) is 4.39 Å². The van der Waals surface area contributed by atoms with E-state index in [1.807, 2.05) is 13.0 Å². The summed E-state index contributed by atoms with van der Waals surface area (Å²) in [4.78, 5) is 0. The molecule has 0 fully saturated rings. The van der Waals surface area contributed by atoms with Crippen molar-refractivity contribution in [2.45, 2.75) is 47.1 Å². The molecule has 0 heterocycles. The van der Waals surface area contributed by atoms with Gasteiger partial charge in [-0.3, -0.25) is 0 Å². The highest BCUT2D eigenvalue weighted by atomic mass is 19.1. The second-order valence-corrected chi connectivity index (χ2v) is 5.33. The molecule has 0 aliphatic carbocycles. The van der Waals surface area contributed by atoms with Crippen LogP contribution in [0.2, 0.25) is 0 Å². The Morgan fingerprint density at radius 1 is 1.29 bits per heavy atom. The van der Waals surface area contributed by atoms with Gasteiger partial charge in [-0.1, -0.05) is 33.8 Å². The Morgan fingerprint density at radius 3 is 2.41 bits per heavy atom. The summed E-state index contributed by atoms with van der Waals surface area (Å²) in [6.45, 7) is 11.7. The van der Waals surface area contributed by atoms with E-state index in [-0.39, 0.29) is 17.3 Å². The number of halogens is 1. The lowest BCUT2D eigenvalue weighted by molar-refractivity contribution is 0.236. The summed E-state index contributed by atoms with van der Waals surface area (Å²) in [6.07, 6.45) is 1.08. The zero-order valence-electron chi connectivity index (χ0n) is 11.6. The summed E-state index contributed by atoms with van der Waals surface area (Å²) in [5.74, 6) is -0.157. The molecule has 1 N–H and O–H groups in total. The highest BCUT2D eigenvalue weighted by molar-refractivity contribution is 5.30. The third kappa shape index (κ3) is 3.29. The van der Waals surface area contributed by atoms with Gasteiger partial charge in [0.25, 0.3) is 0 Å². The van der Waals surface area contributed by atoms with Crippen LogP contribution in [0.4, 0.5) is 4.39 Å². The molecule has 1 aromatic carbocycles. The molecule has 1 atom stereocenters. The minimum Gasteiger partial charge on any atom is -0.310 e. The van der Waals surface area contributed by atoms with Gasteiger partial charge in [0.05, 0.1) is 0 Å². The summed E-state index contributed by atoms with van der Waals surface area (Å²) in [6, 6.07) is 5.36. The van der Waals surface area contributed by atoms with Crippen molar-refractivity contribution >= 4 is 0 Å². The molecule has 1 aromatic rings. The first-order valence-electron chi connectivity index (χ1n) is 6.41. The molecule has 0 aromatic heterocycles. The van der Waals surface area contributed by atoms with Crippen LogP contribution in [-0.2, 0) is 0 Å². The molecule has 1 nitrogen and oxygen atoms in total. The lowest BCUT2D eigenvalue weighted by Gasteiger charge is -2.35. The van der Waals surface area contributed by atoms with E-state index in [0.29, 0.717) is 0 Å². The van der Waals surface area contributed by atoms with E-state index in [1.165, 1.54) is 5.56 Å². The highest BCUT2D eigenvalue weighted by Crippen LogP contribution is 2.37. The molecule has 1 rings (SSSR count). The number of rotatable bonds is 5. The van der Waals surface area contributed by atoms with E-state index < -0.39 is 0 Å². The molecular weight excluding hydrogens is 213 g/mol. The number of aryl methyl sites for hydroxylation is 1. The standard InChI is InChI=1S/C15H24FN/c1-6-15(4,5)14(17-7-2)13-9-8-12(16)10-11(13)3/h8-10,14,17H,6-7H2,1-5H3. The predicted octanol–water partition coefficient (Wildman–Crippen LogP) is 4.22. The quantitative estimate of drug-likeness (QED) is 0.808. The van der Waals surface area contributed by atoms with Crippen LogP contribution in [0.25, 0.3) is 0 Å². The molecule has 0 aliphatic heterocycles. The van der Waals surface area contributed by atoms with E-state index >= 15 is 0 Å². The Bertz CT molecular complexity index is 371. The Morgan fingerprint density at radius 2 is 1.94 bits per heavy atom. The van der Waals surface area contributed by atoms with Crippen molar-refractivity contribution < 1.29 is 4.39 Å². The van der Waals surface area contributed by atoms with Crippen molar-refractivity contribution in [1.82, 2.24) is 5.32 Å². The van der Waals surface area contributed by atoms with Crippen LogP contribution in [0.1, 0.15) is 51.3 Å². The van der Waals surface area contributed by atoms with Gasteiger partial charge in [-0.05, 0) is 48.6 Å². The minimum absolute atomic E-state index is 0.157. The van der Waals surface area contributed by atoms with Crippen molar-refractivity contribution in [1.29, 1.82) is 0 Å². The Balaban J connectivity index is 3.14. The van der Waals surface area contributed by atoms with Crippen LogP contribution >= 0.6 is 0 Å². The molecule has 17 heavy (non-hydrogen) atoms. The van der Waals surface area contributed by atoms with Gasteiger partial charge in [-0.2, -0.15) is 0 Å². The van der Waals surface area contributed by atoms with E-state index in [4.69, 9.17) is 0 Å². The van der Waals surface area contributed by atoms with Gasteiger partial charge in [0, 0.05) is 6.04 Å². The van der Waals surface area contributed by atoms with Crippen LogP contribution < -0.4 is 5.32 Å². The van der Waals surface area contributed by atoms with Gasteiger partial charge in [-0.25, -0.2) is 4.39 Å². The Labute approximate surface area is 104 Å². The normalized spacial score (nSPS) is 13.8. The molecule has 0 amide bonds. The zero-order chi connectivity index (χ0) is 13.1. The maximum atomic E-state index is 13.2. The highest BCUT2D eigenvalue weighted by Gasteiger charge is 2.29. The summed E-state index contributed by atoms with van der Waals surface area (Å²) in [7, 11) is 0. The number of hydrogen-bond donors (Lipinski definition) is 1. The summed E-state index contributed by atoms with van der Waals surface area (Å²) in [5, 5.41) is 3.53. The van der Waals surface area contributed by atoms with E-state index in [0.717, 1.165) is 18.5 Å². The van der Waals surface area contributed by atoms with Crippen LogP contribution in [-0.4, -0.2) is 6.54 Å². The van der Waals surface area contributed by atoms with Gasteiger partial charge in [0.2, 0.25) is 0 Å². The van der Waals surface area contributed by atoms with Gasteiger partial charge in [-0.15, -0.1) is 0 Å². The van der Waals surface area contributed by atoms with Crippen molar-refractivity contribution in [3.05, 3.63) is 35.1 Å². The minimum atomic E-state index is -0.157. The van der Waals surface area contributed by atoms with Crippen LogP contribution in [0.3, 0.4) is 0 Å². The van der Waals surface area contributed by atoms with Crippen molar-refractivity contribution in [3.63, 3.8) is 0 Å². The van der Waals surface area contributed by atoms with Gasteiger partial charge >= 0.3 is 0 Å². The van der Waals surface area contributed by atoms with Crippen LogP contribution in [0, 0.1) is 18.2 Å². The van der Waals surface area contributed by atoms with Crippen molar-refractivity contribution in [2.24, 2.45) is 5.41 Å². The van der Waals surface area contributed by atoms with Crippen molar-refractivity contribution in [2.75, 3.05) is 6.54 Å².